The second kappa shape index (κ2) is 4.13. The molecule has 0 bridgehead atoms. The Bertz CT molecular complexity index is 441. The molecule has 1 atom stereocenters. The van der Waals surface area contributed by atoms with Crippen LogP contribution in [0.4, 0.5) is 11.4 Å². The van der Waals surface area contributed by atoms with Gasteiger partial charge < -0.3 is 15.7 Å². The topological polar surface area (TPSA) is 78.4 Å². The van der Waals surface area contributed by atoms with E-state index in [0.717, 1.165) is 17.8 Å². The summed E-state index contributed by atoms with van der Waals surface area (Å²) in [4.78, 5) is 22.8. The molecule has 0 aromatic carbocycles. The Morgan fingerprint density at radius 2 is 2.38 bits per heavy atom. The van der Waals surface area contributed by atoms with Gasteiger partial charge in [0.25, 0.3) is 0 Å². The van der Waals surface area contributed by atoms with Crippen molar-refractivity contribution in [1.82, 2.24) is 0 Å². The molecule has 1 amide bonds. The van der Waals surface area contributed by atoms with Crippen LogP contribution in [0, 0.1) is 0 Å². The van der Waals surface area contributed by atoms with Gasteiger partial charge >= 0.3 is 5.97 Å². The van der Waals surface area contributed by atoms with Crippen LogP contribution < -0.4 is 10.6 Å². The Labute approximate surface area is 96.5 Å². The van der Waals surface area contributed by atoms with Gasteiger partial charge in [-0.1, -0.05) is 13.3 Å². The molecule has 0 spiro atoms. The fourth-order valence-corrected chi connectivity index (χ4v) is 2.50. The molecule has 0 aliphatic carbocycles. The molecule has 1 unspecified atom stereocenters. The lowest BCUT2D eigenvalue weighted by atomic mass is 10.1. The van der Waals surface area contributed by atoms with Crippen molar-refractivity contribution in [3.8, 4) is 0 Å². The average Bonchev–Trinajstić information content (AvgIpc) is 2.61. The fraction of sp³-hybridized carbons (Fsp3) is 0.400. The van der Waals surface area contributed by atoms with Gasteiger partial charge in [0.1, 0.15) is 10.9 Å². The molecule has 0 radical (unpaired) electrons. The van der Waals surface area contributed by atoms with Crippen LogP contribution in [-0.4, -0.2) is 23.0 Å². The van der Waals surface area contributed by atoms with Crippen LogP contribution >= 0.6 is 11.3 Å². The molecule has 0 fully saturated rings. The third kappa shape index (κ3) is 1.76. The van der Waals surface area contributed by atoms with Gasteiger partial charge in [-0.15, -0.1) is 11.3 Å². The minimum Gasteiger partial charge on any atom is -0.477 e. The quantitative estimate of drug-likeness (QED) is 0.754. The lowest BCUT2D eigenvalue weighted by Gasteiger charge is -2.24. The summed E-state index contributed by atoms with van der Waals surface area (Å²) in [6.07, 6.45) is 1.56. The summed E-state index contributed by atoms with van der Waals surface area (Å²) in [6, 6.07) is -0.329. The van der Waals surface area contributed by atoms with E-state index in [1.54, 1.807) is 5.38 Å². The molecule has 3 N–H and O–H groups in total. The number of carboxylic acids is 1. The summed E-state index contributed by atoms with van der Waals surface area (Å²) >= 11 is 1.12. The second-order valence-corrected chi connectivity index (χ2v) is 4.51. The molecule has 0 saturated carbocycles. The highest BCUT2D eigenvalue weighted by Crippen LogP contribution is 2.36. The number of anilines is 2. The van der Waals surface area contributed by atoms with Crippen molar-refractivity contribution in [3.05, 3.63) is 10.3 Å². The van der Waals surface area contributed by atoms with Crippen molar-refractivity contribution in [2.75, 3.05) is 10.6 Å². The number of thiophene rings is 1. The number of amides is 1. The Hall–Kier alpha value is -1.56. The fourth-order valence-electron chi connectivity index (χ4n) is 1.70. The number of hydrogen-bond donors (Lipinski definition) is 3. The number of aromatic carboxylic acids is 1. The number of fused-ring (bicyclic) bond motifs is 1. The maximum atomic E-state index is 11.6. The van der Waals surface area contributed by atoms with E-state index in [1.807, 2.05) is 6.92 Å². The van der Waals surface area contributed by atoms with Crippen molar-refractivity contribution >= 4 is 34.6 Å². The van der Waals surface area contributed by atoms with Crippen molar-refractivity contribution in [2.45, 2.75) is 25.8 Å². The van der Waals surface area contributed by atoms with Crippen LogP contribution in [-0.2, 0) is 4.79 Å². The third-order valence-electron chi connectivity index (χ3n) is 2.46. The molecule has 1 aliphatic heterocycles. The minimum absolute atomic E-state index is 0.0934. The predicted molar refractivity (Wildman–Crippen MR) is 62.2 cm³/mol. The molecule has 86 valence electrons. The Morgan fingerprint density at radius 1 is 1.62 bits per heavy atom. The first kappa shape index (κ1) is 10.9. The molecule has 6 heteroatoms. The summed E-state index contributed by atoms with van der Waals surface area (Å²) in [7, 11) is 0. The van der Waals surface area contributed by atoms with Gasteiger partial charge in [0.15, 0.2) is 0 Å². The van der Waals surface area contributed by atoms with Crippen molar-refractivity contribution < 1.29 is 14.7 Å². The monoisotopic (exact) mass is 240 g/mol. The highest BCUT2D eigenvalue weighted by Gasteiger charge is 2.29. The van der Waals surface area contributed by atoms with Crippen LogP contribution in [0.25, 0.3) is 0 Å². The first-order chi connectivity index (χ1) is 7.63. The van der Waals surface area contributed by atoms with Gasteiger partial charge in [0, 0.05) is 5.38 Å². The van der Waals surface area contributed by atoms with Gasteiger partial charge in [0.2, 0.25) is 5.91 Å². The standard InChI is InChI=1S/C10H12N2O3S/c1-2-3-5-9(13)12-6-4-16-8(10(14)15)7(6)11-5/h4-5,11H,2-3H2,1H3,(H,12,13)(H,14,15). The SMILES string of the molecule is CCCC1Nc2c(csc2C(=O)O)NC1=O. The molecule has 1 aromatic rings. The van der Waals surface area contributed by atoms with Crippen LogP contribution in [0.5, 0.6) is 0 Å². The van der Waals surface area contributed by atoms with Crippen LogP contribution in [0.3, 0.4) is 0 Å². The number of carbonyl (C=O) groups is 2. The lowest BCUT2D eigenvalue weighted by Crippen LogP contribution is -2.38. The van der Waals surface area contributed by atoms with Crippen molar-refractivity contribution in [1.29, 1.82) is 0 Å². The van der Waals surface area contributed by atoms with E-state index in [0.29, 0.717) is 17.8 Å². The number of rotatable bonds is 3. The molecule has 1 aliphatic rings. The van der Waals surface area contributed by atoms with Gasteiger partial charge in [-0.05, 0) is 6.42 Å². The Morgan fingerprint density at radius 3 is 3.00 bits per heavy atom. The molecule has 16 heavy (non-hydrogen) atoms. The smallest absolute Gasteiger partial charge is 0.348 e. The minimum atomic E-state index is -0.967. The summed E-state index contributed by atoms with van der Waals surface area (Å²) in [6.45, 7) is 1.98. The molecular formula is C10H12N2O3S. The zero-order valence-corrected chi connectivity index (χ0v) is 9.56. The number of nitrogens with one attached hydrogen (secondary N) is 2. The third-order valence-corrected chi connectivity index (χ3v) is 3.42. The maximum Gasteiger partial charge on any atom is 0.348 e. The van der Waals surface area contributed by atoms with E-state index in [4.69, 9.17) is 5.11 Å². The average molecular weight is 240 g/mol. The molecule has 1 aromatic heterocycles. The molecular weight excluding hydrogens is 228 g/mol. The number of hydrogen-bond acceptors (Lipinski definition) is 4. The van der Waals surface area contributed by atoms with Gasteiger partial charge in [0.05, 0.1) is 11.4 Å². The van der Waals surface area contributed by atoms with E-state index in [2.05, 4.69) is 10.6 Å². The van der Waals surface area contributed by atoms with E-state index in [-0.39, 0.29) is 16.8 Å². The van der Waals surface area contributed by atoms with E-state index >= 15 is 0 Å². The highest BCUT2D eigenvalue weighted by atomic mass is 32.1. The Kier molecular flexibility index (Phi) is 2.82. The highest BCUT2D eigenvalue weighted by molar-refractivity contribution is 7.13. The summed E-state index contributed by atoms with van der Waals surface area (Å²) in [5.41, 5.74) is 1.11. The van der Waals surface area contributed by atoms with Crippen molar-refractivity contribution in [2.24, 2.45) is 0 Å². The van der Waals surface area contributed by atoms with Crippen molar-refractivity contribution in [3.63, 3.8) is 0 Å². The lowest BCUT2D eigenvalue weighted by molar-refractivity contribution is -0.117. The summed E-state index contributed by atoms with van der Waals surface area (Å²) in [5, 5.41) is 16.3. The van der Waals surface area contributed by atoms with Gasteiger partial charge in [-0.2, -0.15) is 0 Å². The predicted octanol–water partition coefficient (Wildman–Crippen LogP) is 1.98. The largest absolute Gasteiger partial charge is 0.477 e. The normalized spacial score (nSPS) is 18.6. The summed E-state index contributed by atoms with van der Waals surface area (Å²) in [5.74, 6) is -1.06. The number of carbonyl (C=O) groups excluding carboxylic acids is 1. The van der Waals surface area contributed by atoms with Gasteiger partial charge in [-0.3, -0.25) is 4.79 Å². The molecule has 2 rings (SSSR count). The van der Waals surface area contributed by atoms with Crippen LogP contribution in [0.1, 0.15) is 29.4 Å². The van der Waals surface area contributed by atoms with Crippen LogP contribution in [0.2, 0.25) is 0 Å². The maximum absolute atomic E-state index is 11.6. The second-order valence-electron chi connectivity index (χ2n) is 3.63. The van der Waals surface area contributed by atoms with E-state index in [9.17, 15) is 9.59 Å². The molecule has 5 nitrogen and oxygen atoms in total. The van der Waals surface area contributed by atoms with Gasteiger partial charge in [-0.25, -0.2) is 4.79 Å². The molecule has 2 heterocycles. The first-order valence-corrected chi connectivity index (χ1v) is 5.93. The zero-order chi connectivity index (χ0) is 11.7. The Balaban J connectivity index is 2.31. The zero-order valence-electron chi connectivity index (χ0n) is 8.74. The van der Waals surface area contributed by atoms with E-state index in [1.165, 1.54) is 0 Å². The van der Waals surface area contributed by atoms with E-state index < -0.39 is 5.97 Å². The number of carboxylic acid groups (broad SMARTS) is 1. The first-order valence-electron chi connectivity index (χ1n) is 5.05. The van der Waals surface area contributed by atoms with Crippen LogP contribution in [0.15, 0.2) is 5.38 Å². The molecule has 0 saturated heterocycles. The summed E-state index contributed by atoms with van der Waals surface area (Å²) < 4.78 is 0.